The van der Waals surface area contributed by atoms with E-state index < -0.39 is 19.9 Å². The van der Waals surface area contributed by atoms with Gasteiger partial charge in [0, 0.05) is 31.5 Å². The van der Waals surface area contributed by atoms with Crippen LogP contribution in [0.5, 0.6) is 0 Å². The van der Waals surface area contributed by atoms with Gasteiger partial charge in [0.25, 0.3) is 5.91 Å². The number of hydrogen-bond acceptors (Lipinski definition) is 8. The SMILES string of the molecule is CCN(Cc1ccccc1)S(=O)(=O)c1ccc(C(=O)N(CC2CCCO2)c2nc3ccc(S(C)(=O)=O)cc3s2)cc1. The van der Waals surface area contributed by atoms with E-state index in [1.165, 1.54) is 50.9 Å². The van der Waals surface area contributed by atoms with Crippen molar-refractivity contribution in [3.05, 3.63) is 83.9 Å². The van der Waals surface area contributed by atoms with Crippen LogP contribution in [0.2, 0.25) is 0 Å². The predicted molar refractivity (Wildman–Crippen MR) is 160 cm³/mol. The van der Waals surface area contributed by atoms with Gasteiger partial charge in [0.1, 0.15) is 0 Å². The molecule has 1 atom stereocenters. The summed E-state index contributed by atoms with van der Waals surface area (Å²) in [4.78, 5) is 20.3. The summed E-state index contributed by atoms with van der Waals surface area (Å²) in [6.45, 7) is 3.23. The Kier molecular flexibility index (Phi) is 8.57. The molecule has 0 aliphatic carbocycles. The average molecular weight is 614 g/mol. The van der Waals surface area contributed by atoms with Crippen molar-refractivity contribution < 1.29 is 26.4 Å². The van der Waals surface area contributed by atoms with Crippen molar-refractivity contribution >= 4 is 52.5 Å². The molecule has 1 aliphatic rings. The summed E-state index contributed by atoms with van der Waals surface area (Å²) in [6, 6.07) is 20.0. The third-order valence-corrected chi connectivity index (χ3v) is 11.0. The molecule has 0 saturated carbocycles. The van der Waals surface area contributed by atoms with Crippen LogP contribution in [-0.2, 0) is 31.1 Å². The number of amides is 1. The minimum absolute atomic E-state index is 0.103. The number of thiazole rings is 1. The van der Waals surface area contributed by atoms with Crippen molar-refractivity contribution in [3.8, 4) is 0 Å². The lowest BCUT2D eigenvalue weighted by Crippen LogP contribution is -2.37. The summed E-state index contributed by atoms with van der Waals surface area (Å²) in [5.41, 5.74) is 1.78. The van der Waals surface area contributed by atoms with E-state index in [0.717, 1.165) is 24.7 Å². The maximum Gasteiger partial charge on any atom is 0.260 e. The Labute approximate surface area is 244 Å². The zero-order valence-electron chi connectivity index (χ0n) is 22.8. The Bertz CT molecular complexity index is 1750. The van der Waals surface area contributed by atoms with Crippen LogP contribution >= 0.6 is 11.3 Å². The van der Waals surface area contributed by atoms with Gasteiger partial charge >= 0.3 is 0 Å². The van der Waals surface area contributed by atoms with Gasteiger partial charge in [-0.15, -0.1) is 0 Å². The number of rotatable bonds is 10. The van der Waals surface area contributed by atoms with Crippen molar-refractivity contribution in [1.29, 1.82) is 0 Å². The number of carbonyl (C=O) groups excluding carboxylic acids is 1. The van der Waals surface area contributed by atoms with Crippen molar-refractivity contribution in [2.75, 3.05) is 30.9 Å². The monoisotopic (exact) mass is 613 g/mol. The van der Waals surface area contributed by atoms with Crippen molar-refractivity contribution in [3.63, 3.8) is 0 Å². The zero-order valence-corrected chi connectivity index (χ0v) is 25.2. The number of sulfone groups is 1. The fraction of sp³-hybridized carbons (Fsp3) is 0.310. The molecule has 0 radical (unpaired) electrons. The number of carbonyl (C=O) groups is 1. The minimum atomic E-state index is -3.79. The van der Waals surface area contributed by atoms with E-state index in [1.54, 1.807) is 19.1 Å². The molecule has 5 rings (SSSR count). The summed E-state index contributed by atoms with van der Waals surface area (Å²) in [5.74, 6) is -0.344. The van der Waals surface area contributed by atoms with Gasteiger partial charge in [-0.05, 0) is 60.9 Å². The Hall–Kier alpha value is -3.16. The Morgan fingerprint density at radius 2 is 1.71 bits per heavy atom. The van der Waals surface area contributed by atoms with E-state index >= 15 is 0 Å². The summed E-state index contributed by atoms with van der Waals surface area (Å²) >= 11 is 1.23. The van der Waals surface area contributed by atoms with Crippen molar-refractivity contribution in [1.82, 2.24) is 9.29 Å². The molecule has 1 fully saturated rings. The lowest BCUT2D eigenvalue weighted by Gasteiger charge is -2.23. The van der Waals surface area contributed by atoms with E-state index in [1.807, 2.05) is 30.3 Å². The first-order valence-electron chi connectivity index (χ1n) is 13.2. The van der Waals surface area contributed by atoms with Crippen LogP contribution < -0.4 is 4.90 Å². The summed E-state index contributed by atoms with van der Waals surface area (Å²) in [7, 11) is -7.19. The maximum atomic E-state index is 13.8. The number of fused-ring (bicyclic) bond motifs is 1. The Morgan fingerprint density at radius 1 is 1.00 bits per heavy atom. The number of hydrogen-bond donors (Lipinski definition) is 0. The normalized spacial score (nSPS) is 15.9. The van der Waals surface area contributed by atoms with Gasteiger partial charge < -0.3 is 4.74 Å². The Balaban J connectivity index is 1.43. The number of ether oxygens (including phenoxy) is 1. The third-order valence-electron chi connectivity index (χ3n) is 6.96. The standard InChI is InChI=1S/C29H31N3O6S3/c1-3-31(19-21-8-5-4-6-9-21)41(36,37)24-13-11-22(12-14-24)28(33)32(20-23-10-7-17-38-23)29-30-26-16-15-25(40(2,34)35)18-27(26)39-29/h4-6,8-9,11-16,18,23H,3,7,10,17,19-20H2,1-2H3. The lowest BCUT2D eigenvalue weighted by atomic mass is 10.2. The van der Waals surface area contributed by atoms with Crippen LogP contribution in [-0.4, -0.2) is 64.1 Å². The molecule has 1 aromatic heterocycles. The summed E-state index contributed by atoms with van der Waals surface area (Å²) < 4.78 is 58.7. The van der Waals surface area contributed by atoms with Crippen LogP contribution in [0.3, 0.4) is 0 Å². The molecule has 1 amide bonds. The van der Waals surface area contributed by atoms with E-state index in [0.29, 0.717) is 34.1 Å². The second-order valence-electron chi connectivity index (χ2n) is 9.89. The largest absolute Gasteiger partial charge is 0.376 e. The van der Waals surface area contributed by atoms with Gasteiger partial charge in [0.15, 0.2) is 15.0 Å². The molecule has 41 heavy (non-hydrogen) atoms. The van der Waals surface area contributed by atoms with Gasteiger partial charge in [-0.25, -0.2) is 21.8 Å². The first-order chi connectivity index (χ1) is 19.6. The van der Waals surface area contributed by atoms with Gasteiger partial charge in [-0.1, -0.05) is 48.6 Å². The highest BCUT2D eigenvalue weighted by molar-refractivity contribution is 7.90. The number of sulfonamides is 1. The topological polar surface area (TPSA) is 114 Å². The second-order valence-corrected chi connectivity index (χ2v) is 14.9. The molecule has 1 unspecified atom stereocenters. The zero-order chi connectivity index (χ0) is 29.2. The van der Waals surface area contributed by atoms with Crippen LogP contribution in [0, 0.1) is 0 Å². The van der Waals surface area contributed by atoms with E-state index in [9.17, 15) is 21.6 Å². The number of anilines is 1. The second kappa shape index (κ2) is 12.0. The lowest BCUT2D eigenvalue weighted by molar-refractivity contribution is 0.0917. The molecular formula is C29H31N3O6S3. The third kappa shape index (κ3) is 6.52. The molecule has 0 bridgehead atoms. The predicted octanol–water partition coefficient (Wildman–Crippen LogP) is 4.74. The molecule has 1 aliphatic heterocycles. The maximum absolute atomic E-state index is 13.8. The van der Waals surface area contributed by atoms with Gasteiger partial charge in [-0.3, -0.25) is 9.69 Å². The van der Waals surface area contributed by atoms with Crippen molar-refractivity contribution in [2.45, 2.75) is 42.2 Å². The number of benzene rings is 3. The molecule has 0 N–H and O–H groups in total. The van der Waals surface area contributed by atoms with Gasteiger partial charge in [0.05, 0.1) is 32.7 Å². The Morgan fingerprint density at radius 3 is 2.34 bits per heavy atom. The summed E-state index contributed by atoms with van der Waals surface area (Å²) in [6.07, 6.45) is 2.69. The highest BCUT2D eigenvalue weighted by Crippen LogP contribution is 2.32. The molecule has 216 valence electrons. The minimum Gasteiger partial charge on any atom is -0.376 e. The molecule has 2 heterocycles. The van der Waals surface area contributed by atoms with Crippen LogP contribution in [0.15, 0.2) is 82.6 Å². The molecule has 3 aromatic carbocycles. The highest BCUT2D eigenvalue weighted by atomic mass is 32.2. The molecule has 1 saturated heterocycles. The van der Waals surface area contributed by atoms with E-state index in [2.05, 4.69) is 4.98 Å². The number of aromatic nitrogens is 1. The molecule has 0 spiro atoms. The average Bonchev–Trinajstić information content (AvgIpc) is 3.64. The fourth-order valence-corrected chi connectivity index (χ4v) is 7.88. The van der Waals surface area contributed by atoms with Crippen molar-refractivity contribution in [2.24, 2.45) is 0 Å². The van der Waals surface area contributed by atoms with Gasteiger partial charge in [0.2, 0.25) is 10.0 Å². The van der Waals surface area contributed by atoms with Crippen LogP contribution in [0.4, 0.5) is 5.13 Å². The molecule has 12 heteroatoms. The first-order valence-corrected chi connectivity index (χ1v) is 17.4. The molecule has 4 aromatic rings. The van der Waals surface area contributed by atoms with Crippen LogP contribution in [0.1, 0.15) is 35.7 Å². The summed E-state index contributed by atoms with van der Waals surface area (Å²) in [5, 5.41) is 0.419. The van der Waals surface area contributed by atoms with Gasteiger partial charge in [-0.2, -0.15) is 4.31 Å². The van der Waals surface area contributed by atoms with E-state index in [4.69, 9.17) is 4.74 Å². The number of nitrogens with zero attached hydrogens (tertiary/aromatic N) is 3. The van der Waals surface area contributed by atoms with E-state index in [-0.39, 0.29) is 34.9 Å². The first kappa shape index (κ1) is 29.3. The smallest absolute Gasteiger partial charge is 0.260 e. The molecular weight excluding hydrogens is 583 g/mol. The van der Waals surface area contributed by atoms with Crippen LogP contribution in [0.25, 0.3) is 10.2 Å². The highest BCUT2D eigenvalue weighted by Gasteiger charge is 2.29. The quantitative estimate of drug-likeness (QED) is 0.254. The molecule has 9 nitrogen and oxygen atoms in total. The fourth-order valence-electron chi connectivity index (χ4n) is 4.71.